The summed E-state index contributed by atoms with van der Waals surface area (Å²) in [7, 11) is 0. The number of rotatable bonds is 53. The molecular weight excluding hydrogens is 949 g/mol. The molecule has 3 N–H and O–H groups in total. The maximum absolute atomic E-state index is 13.1. The van der Waals surface area contributed by atoms with Gasteiger partial charge in [0, 0.05) is 19.3 Å². The zero-order chi connectivity index (χ0) is 54.7. The van der Waals surface area contributed by atoms with E-state index in [0.717, 1.165) is 103 Å². The molecular formula is C63H112O12. The number of aliphatic hydroxyl groups is 2. The van der Waals surface area contributed by atoms with Gasteiger partial charge in [0.15, 0.2) is 24.6 Å². The van der Waals surface area contributed by atoms with Crippen molar-refractivity contribution in [2.75, 3.05) is 13.2 Å². The van der Waals surface area contributed by atoms with Crippen LogP contribution in [0, 0.1) is 0 Å². The van der Waals surface area contributed by atoms with Gasteiger partial charge >= 0.3 is 23.9 Å². The van der Waals surface area contributed by atoms with E-state index in [4.69, 9.17) is 23.7 Å². The Morgan fingerprint density at radius 1 is 0.440 bits per heavy atom. The molecule has 0 aromatic carbocycles. The van der Waals surface area contributed by atoms with Crippen LogP contribution in [0.2, 0.25) is 0 Å². The molecule has 12 nitrogen and oxygen atoms in total. The van der Waals surface area contributed by atoms with E-state index in [9.17, 15) is 34.5 Å². The van der Waals surface area contributed by atoms with Gasteiger partial charge in [-0.15, -0.1) is 0 Å². The molecule has 436 valence electrons. The maximum atomic E-state index is 13.1. The quantitative estimate of drug-likeness (QED) is 0.0228. The average molecular weight is 1060 g/mol. The minimum Gasteiger partial charge on any atom is -0.479 e. The van der Waals surface area contributed by atoms with E-state index in [1.54, 1.807) is 0 Å². The van der Waals surface area contributed by atoms with Crippen LogP contribution in [0.3, 0.4) is 0 Å². The third-order valence-electron chi connectivity index (χ3n) is 14.2. The summed E-state index contributed by atoms with van der Waals surface area (Å²) in [5.74, 6) is -3.12. The van der Waals surface area contributed by atoms with Crippen LogP contribution >= 0.6 is 0 Å². The number of hydrogen-bond acceptors (Lipinski definition) is 11. The predicted molar refractivity (Wildman–Crippen MR) is 303 cm³/mol. The number of carboxylic acid groups (broad SMARTS) is 1. The highest BCUT2D eigenvalue weighted by molar-refractivity contribution is 5.74. The normalized spacial score (nSPS) is 18.3. The van der Waals surface area contributed by atoms with E-state index in [1.165, 1.54) is 128 Å². The molecule has 0 spiro atoms. The molecule has 1 saturated heterocycles. The lowest BCUT2D eigenvalue weighted by Crippen LogP contribution is -2.61. The first-order valence-corrected chi connectivity index (χ1v) is 31.0. The molecule has 1 aliphatic rings. The molecule has 12 heteroatoms. The molecule has 0 saturated carbocycles. The number of carbonyl (C=O) groups is 4. The van der Waals surface area contributed by atoms with Gasteiger partial charge in [0.25, 0.3) is 0 Å². The number of hydrogen-bond donors (Lipinski definition) is 3. The number of aliphatic carboxylic acids is 1. The van der Waals surface area contributed by atoms with Gasteiger partial charge < -0.3 is 39.0 Å². The summed E-state index contributed by atoms with van der Waals surface area (Å²) in [5.41, 5.74) is 0. The number of unbranched alkanes of at least 4 members (excludes halogenated alkanes) is 33. The molecule has 1 heterocycles. The molecule has 6 unspecified atom stereocenters. The van der Waals surface area contributed by atoms with Gasteiger partial charge in [-0.25, -0.2) is 4.79 Å². The zero-order valence-electron chi connectivity index (χ0n) is 48.1. The minimum absolute atomic E-state index is 0.0636. The van der Waals surface area contributed by atoms with Crippen molar-refractivity contribution < 1.29 is 58.2 Å². The Labute approximate surface area is 457 Å². The third-order valence-corrected chi connectivity index (χ3v) is 14.2. The number of aliphatic hydroxyl groups excluding tert-OH is 2. The van der Waals surface area contributed by atoms with Crippen molar-refractivity contribution in [3.63, 3.8) is 0 Å². The van der Waals surface area contributed by atoms with Crippen LogP contribution < -0.4 is 0 Å². The smallest absolute Gasteiger partial charge is 0.335 e. The molecule has 1 aliphatic heterocycles. The Morgan fingerprint density at radius 2 is 0.827 bits per heavy atom. The number of allylic oxidation sites excluding steroid dienone is 6. The second kappa shape index (κ2) is 51.7. The van der Waals surface area contributed by atoms with E-state index in [2.05, 4.69) is 57.2 Å². The van der Waals surface area contributed by atoms with E-state index < -0.39 is 67.3 Å². The first-order chi connectivity index (χ1) is 36.6. The lowest BCUT2D eigenvalue weighted by molar-refractivity contribution is -0.301. The van der Waals surface area contributed by atoms with Crippen molar-refractivity contribution in [2.24, 2.45) is 0 Å². The fraction of sp³-hybridized carbons (Fsp3) is 0.841. The third kappa shape index (κ3) is 41.7. The first kappa shape index (κ1) is 70.0. The van der Waals surface area contributed by atoms with E-state index in [0.29, 0.717) is 19.3 Å². The molecule has 0 radical (unpaired) electrons. The monoisotopic (exact) mass is 1060 g/mol. The topological polar surface area (TPSA) is 175 Å². The summed E-state index contributed by atoms with van der Waals surface area (Å²) in [4.78, 5) is 51.2. The SMILES string of the molecule is CCC/C=C\C/C=C\CCCCCCCC(=O)OC(COC(=O)CCCCCCCCC/C=C\CCCCCCCC)COC1OC(C(=O)O)C(O)C(O)C1OC(=O)CCCCCCCCCCCCCCCCC. The first-order valence-electron chi connectivity index (χ1n) is 31.0. The predicted octanol–water partition coefficient (Wildman–Crippen LogP) is 16.0. The lowest BCUT2D eigenvalue weighted by atomic mass is 9.98. The fourth-order valence-corrected chi connectivity index (χ4v) is 9.40. The standard InChI is InChI=1S/C63H112O12/c1-4-7-10-13-16-19-22-25-27-28-30-32-34-37-40-43-46-49-55(64)71-52-54(73-56(65)50-47-44-41-38-35-31-24-21-18-15-12-9-6-3)53-72-63-61(59(68)58(67)60(75-63)62(69)70)74-57(66)51-48-45-42-39-36-33-29-26-23-20-17-14-11-8-5-2/h12,15,21,24-25,27,54,58-61,63,67-68H,4-11,13-14,16-20,22-23,26,28-53H2,1-3H3,(H,69,70)/b15-12-,24-21-,27-25-. The number of ether oxygens (including phenoxy) is 5. The van der Waals surface area contributed by atoms with Crippen LogP contribution in [0.5, 0.6) is 0 Å². The molecule has 0 aromatic heterocycles. The fourth-order valence-electron chi connectivity index (χ4n) is 9.40. The highest BCUT2D eigenvalue weighted by atomic mass is 16.7. The second-order valence-corrected chi connectivity index (χ2v) is 21.3. The summed E-state index contributed by atoms with van der Waals surface area (Å²) in [6.45, 7) is 5.94. The van der Waals surface area contributed by atoms with E-state index in [-0.39, 0.29) is 25.9 Å². The number of carbonyl (C=O) groups excluding carboxylic acids is 3. The van der Waals surface area contributed by atoms with Crippen LogP contribution in [-0.4, -0.2) is 89.2 Å². The highest BCUT2D eigenvalue weighted by Gasteiger charge is 2.50. The van der Waals surface area contributed by atoms with E-state index in [1.807, 2.05) is 0 Å². The van der Waals surface area contributed by atoms with Gasteiger partial charge in [0.1, 0.15) is 18.8 Å². The largest absolute Gasteiger partial charge is 0.479 e. The van der Waals surface area contributed by atoms with Gasteiger partial charge in [-0.05, 0) is 70.6 Å². The van der Waals surface area contributed by atoms with Crippen molar-refractivity contribution >= 4 is 23.9 Å². The Morgan fingerprint density at radius 3 is 1.27 bits per heavy atom. The summed E-state index contributed by atoms with van der Waals surface area (Å²) in [5, 5.41) is 31.5. The molecule has 1 rings (SSSR count). The molecule has 6 atom stereocenters. The average Bonchev–Trinajstić information content (AvgIpc) is 3.39. The van der Waals surface area contributed by atoms with Crippen molar-refractivity contribution in [3.8, 4) is 0 Å². The maximum Gasteiger partial charge on any atom is 0.335 e. The number of esters is 3. The van der Waals surface area contributed by atoms with Crippen LogP contribution in [0.1, 0.15) is 290 Å². The molecule has 0 bridgehead atoms. The van der Waals surface area contributed by atoms with Crippen LogP contribution in [-0.2, 0) is 42.9 Å². The van der Waals surface area contributed by atoms with Gasteiger partial charge in [-0.2, -0.15) is 0 Å². The Bertz CT molecular complexity index is 1450. The summed E-state index contributed by atoms with van der Waals surface area (Å²) in [6.07, 6.45) is 48.2. The van der Waals surface area contributed by atoms with Crippen molar-refractivity contribution in [1.82, 2.24) is 0 Å². The highest BCUT2D eigenvalue weighted by Crippen LogP contribution is 2.27. The van der Waals surface area contributed by atoms with Crippen molar-refractivity contribution in [3.05, 3.63) is 36.5 Å². The number of carboxylic acids is 1. The molecule has 1 fully saturated rings. The summed E-state index contributed by atoms with van der Waals surface area (Å²) >= 11 is 0. The zero-order valence-corrected chi connectivity index (χ0v) is 48.1. The Hall–Kier alpha value is -3.06. The Balaban J connectivity index is 2.66. The molecule has 75 heavy (non-hydrogen) atoms. The summed E-state index contributed by atoms with van der Waals surface area (Å²) in [6, 6.07) is 0. The second-order valence-electron chi connectivity index (χ2n) is 21.3. The molecule has 0 aromatic rings. The van der Waals surface area contributed by atoms with Crippen molar-refractivity contribution in [2.45, 2.75) is 327 Å². The lowest BCUT2D eigenvalue weighted by Gasteiger charge is -2.40. The van der Waals surface area contributed by atoms with Crippen LogP contribution in [0.15, 0.2) is 36.5 Å². The van der Waals surface area contributed by atoms with Gasteiger partial charge in [-0.3, -0.25) is 14.4 Å². The van der Waals surface area contributed by atoms with Gasteiger partial charge in [0.05, 0.1) is 6.61 Å². The van der Waals surface area contributed by atoms with Gasteiger partial charge in [0.2, 0.25) is 0 Å². The van der Waals surface area contributed by atoms with Crippen LogP contribution in [0.4, 0.5) is 0 Å². The van der Waals surface area contributed by atoms with Crippen molar-refractivity contribution in [1.29, 1.82) is 0 Å². The van der Waals surface area contributed by atoms with E-state index >= 15 is 0 Å². The Kier molecular flexibility index (Phi) is 48.2. The molecule has 0 amide bonds. The summed E-state index contributed by atoms with van der Waals surface area (Å²) < 4.78 is 28.5. The van der Waals surface area contributed by atoms with Crippen LogP contribution in [0.25, 0.3) is 0 Å². The van der Waals surface area contributed by atoms with Gasteiger partial charge in [-0.1, -0.05) is 237 Å². The minimum atomic E-state index is -1.90. The molecule has 0 aliphatic carbocycles.